The van der Waals surface area contributed by atoms with Crippen LogP contribution in [-0.4, -0.2) is 28.4 Å². The Labute approximate surface area is 165 Å². The Kier molecular flexibility index (Phi) is 4.65. The summed E-state index contributed by atoms with van der Waals surface area (Å²) in [7, 11) is 0. The maximum Gasteiger partial charge on any atom is 0.224 e. The van der Waals surface area contributed by atoms with Gasteiger partial charge in [0.15, 0.2) is 0 Å². The summed E-state index contributed by atoms with van der Waals surface area (Å²) in [4.78, 5) is 18.4. The highest BCUT2D eigenvalue weighted by molar-refractivity contribution is 5.91. The molecule has 28 heavy (non-hydrogen) atoms. The van der Waals surface area contributed by atoms with E-state index >= 15 is 0 Å². The Morgan fingerprint density at radius 3 is 2.89 bits per heavy atom. The van der Waals surface area contributed by atoms with Crippen LogP contribution < -0.4 is 5.32 Å². The number of aromatic nitrogens is 1. The van der Waals surface area contributed by atoms with Crippen molar-refractivity contribution in [2.75, 3.05) is 11.9 Å². The van der Waals surface area contributed by atoms with Crippen LogP contribution in [0.25, 0.3) is 10.9 Å². The molecule has 1 aromatic heterocycles. The summed E-state index contributed by atoms with van der Waals surface area (Å²) in [5, 5.41) is 4.32. The van der Waals surface area contributed by atoms with Gasteiger partial charge in [-0.2, -0.15) is 0 Å². The zero-order valence-electron chi connectivity index (χ0n) is 16.2. The fourth-order valence-electron chi connectivity index (χ4n) is 4.53. The molecule has 0 atom stereocenters. The number of amides is 1. The van der Waals surface area contributed by atoms with Crippen LogP contribution in [0, 0.1) is 0 Å². The second kappa shape index (κ2) is 7.44. The molecule has 4 nitrogen and oxygen atoms in total. The summed E-state index contributed by atoms with van der Waals surface area (Å²) >= 11 is 0. The zero-order valence-corrected chi connectivity index (χ0v) is 16.2. The highest BCUT2D eigenvalue weighted by Gasteiger charge is 2.27. The number of benzene rings is 2. The standard InChI is InChI=1S/C24H27N3O/c28-24(11-9-18-15-25-23-7-2-1-6-22(18)23)26-20-10-8-17-12-13-27(16-19(17)14-20)21-4-3-5-21/h1-2,6-8,10,14-15,21,25H,3-5,9,11-13,16H2,(H,26,28). The van der Waals surface area contributed by atoms with E-state index in [-0.39, 0.29) is 5.91 Å². The summed E-state index contributed by atoms with van der Waals surface area (Å²) in [6, 6.07) is 15.5. The topological polar surface area (TPSA) is 48.1 Å². The number of anilines is 1. The summed E-state index contributed by atoms with van der Waals surface area (Å²) in [5.74, 6) is 0.0805. The minimum atomic E-state index is 0.0805. The van der Waals surface area contributed by atoms with Crippen LogP contribution >= 0.6 is 0 Å². The van der Waals surface area contributed by atoms with Gasteiger partial charge in [-0.25, -0.2) is 0 Å². The molecule has 1 fully saturated rings. The summed E-state index contributed by atoms with van der Waals surface area (Å²) in [5.41, 5.74) is 6.08. The quantitative estimate of drug-likeness (QED) is 0.684. The van der Waals surface area contributed by atoms with Gasteiger partial charge in [-0.05, 0) is 60.6 Å². The molecule has 2 heterocycles. The molecule has 4 heteroatoms. The number of aromatic amines is 1. The van der Waals surface area contributed by atoms with Gasteiger partial charge in [0.05, 0.1) is 0 Å². The first-order chi connectivity index (χ1) is 13.8. The Hall–Kier alpha value is -2.59. The van der Waals surface area contributed by atoms with Crippen molar-refractivity contribution in [2.24, 2.45) is 0 Å². The van der Waals surface area contributed by atoms with E-state index in [1.54, 1.807) is 0 Å². The van der Waals surface area contributed by atoms with Gasteiger partial charge in [-0.1, -0.05) is 30.7 Å². The molecule has 0 unspecified atom stereocenters. The maximum absolute atomic E-state index is 12.5. The molecule has 0 saturated heterocycles. The Balaban J connectivity index is 1.22. The molecule has 2 aliphatic rings. The summed E-state index contributed by atoms with van der Waals surface area (Å²) in [6.07, 6.45) is 8.45. The predicted octanol–water partition coefficient (Wildman–Crippen LogP) is 4.65. The zero-order chi connectivity index (χ0) is 18.9. The SMILES string of the molecule is O=C(CCc1c[nH]c2ccccc12)Nc1ccc2c(c1)CN(C1CCC1)CC2. The summed E-state index contributed by atoms with van der Waals surface area (Å²) in [6.45, 7) is 2.20. The third-order valence-corrected chi connectivity index (χ3v) is 6.42. The fourth-order valence-corrected chi connectivity index (χ4v) is 4.53. The molecule has 2 aromatic carbocycles. The molecule has 1 amide bonds. The molecule has 1 saturated carbocycles. The van der Waals surface area contributed by atoms with Crippen molar-refractivity contribution in [3.63, 3.8) is 0 Å². The number of nitrogens with zero attached hydrogens (tertiary/aromatic N) is 1. The normalized spacial score (nSPS) is 17.3. The van der Waals surface area contributed by atoms with Crippen molar-refractivity contribution in [1.29, 1.82) is 0 Å². The largest absolute Gasteiger partial charge is 0.361 e. The van der Waals surface area contributed by atoms with Crippen molar-refractivity contribution < 1.29 is 4.79 Å². The minimum absolute atomic E-state index is 0.0805. The predicted molar refractivity (Wildman–Crippen MR) is 113 cm³/mol. The van der Waals surface area contributed by atoms with E-state index in [0.29, 0.717) is 6.42 Å². The summed E-state index contributed by atoms with van der Waals surface area (Å²) < 4.78 is 0. The van der Waals surface area contributed by atoms with E-state index < -0.39 is 0 Å². The van der Waals surface area contributed by atoms with Gasteiger partial charge in [0, 0.05) is 48.3 Å². The van der Waals surface area contributed by atoms with E-state index in [2.05, 4.69) is 45.5 Å². The first-order valence-corrected chi connectivity index (χ1v) is 10.5. The van der Waals surface area contributed by atoms with Gasteiger partial charge in [0.2, 0.25) is 5.91 Å². The smallest absolute Gasteiger partial charge is 0.224 e. The van der Waals surface area contributed by atoms with Crippen LogP contribution in [0.4, 0.5) is 5.69 Å². The molecular weight excluding hydrogens is 346 g/mol. The van der Waals surface area contributed by atoms with Crippen molar-refractivity contribution >= 4 is 22.5 Å². The third-order valence-electron chi connectivity index (χ3n) is 6.42. The maximum atomic E-state index is 12.5. The molecule has 144 valence electrons. The number of aryl methyl sites for hydroxylation is 1. The highest BCUT2D eigenvalue weighted by atomic mass is 16.1. The van der Waals surface area contributed by atoms with Gasteiger partial charge >= 0.3 is 0 Å². The lowest BCUT2D eigenvalue weighted by Crippen LogP contribution is -2.43. The second-order valence-corrected chi connectivity index (χ2v) is 8.20. The number of hydrogen-bond acceptors (Lipinski definition) is 2. The van der Waals surface area contributed by atoms with Crippen molar-refractivity contribution in [3.8, 4) is 0 Å². The second-order valence-electron chi connectivity index (χ2n) is 8.20. The van der Waals surface area contributed by atoms with Crippen molar-refractivity contribution in [2.45, 2.75) is 51.1 Å². The van der Waals surface area contributed by atoms with Gasteiger partial charge in [-0.3, -0.25) is 9.69 Å². The average molecular weight is 374 g/mol. The molecule has 0 spiro atoms. The number of fused-ring (bicyclic) bond motifs is 2. The number of carbonyl (C=O) groups excluding carboxylic acids is 1. The lowest BCUT2D eigenvalue weighted by molar-refractivity contribution is -0.116. The van der Waals surface area contributed by atoms with Crippen LogP contribution in [0.1, 0.15) is 42.4 Å². The number of rotatable bonds is 5. The van der Waals surface area contributed by atoms with Crippen LogP contribution in [0.15, 0.2) is 48.7 Å². The first kappa shape index (κ1) is 17.5. The lowest BCUT2D eigenvalue weighted by Gasteiger charge is -2.40. The van der Waals surface area contributed by atoms with Crippen molar-refractivity contribution in [3.05, 3.63) is 65.4 Å². The van der Waals surface area contributed by atoms with Gasteiger partial charge in [0.1, 0.15) is 0 Å². The lowest BCUT2D eigenvalue weighted by atomic mass is 9.88. The molecular formula is C24H27N3O. The number of para-hydroxylation sites is 1. The molecule has 0 radical (unpaired) electrons. The van der Waals surface area contributed by atoms with Crippen LogP contribution in [0.5, 0.6) is 0 Å². The van der Waals surface area contributed by atoms with Crippen LogP contribution in [0.2, 0.25) is 0 Å². The number of nitrogens with one attached hydrogen (secondary N) is 2. The van der Waals surface area contributed by atoms with E-state index in [1.165, 1.54) is 47.9 Å². The molecule has 2 N–H and O–H groups in total. The van der Waals surface area contributed by atoms with E-state index in [4.69, 9.17) is 0 Å². The van der Waals surface area contributed by atoms with Gasteiger partial charge in [-0.15, -0.1) is 0 Å². The number of carbonyl (C=O) groups is 1. The van der Waals surface area contributed by atoms with Gasteiger partial charge in [0.25, 0.3) is 0 Å². The van der Waals surface area contributed by atoms with E-state index in [0.717, 1.165) is 36.6 Å². The van der Waals surface area contributed by atoms with Gasteiger partial charge < -0.3 is 10.3 Å². The first-order valence-electron chi connectivity index (χ1n) is 10.5. The number of H-pyrrole nitrogens is 1. The minimum Gasteiger partial charge on any atom is -0.361 e. The van der Waals surface area contributed by atoms with E-state index in [9.17, 15) is 4.79 Å². The fraction of sp³-hybridized carbons (Fsp3) is 0.375. The van der Waals surface area contributed by atoms with Crippen molar-refractivity contribution in [1.82, 2.24) is 9.88 Å². The Morgan fingerprint density at radius 2 is 2.04 bits per heavy atom. The van der Waals surface area contributed by atoms with Crippen LogP contribution in [-0.2, 0) is 24.2 Å². The van der Waals surface area contributed by atoms with Crippen LogP contribution in [0.3, 0.4) is 0 Å². The molecule has 0 bridgehead atoms. The van der Waals surface area contributed by atoms with E-state index in [1.807, 2.05) is 18.3 Å². The monoisotopic (exact) mass is 373 g/mol. The third kappa shape index (κ3) is 3.45. The Morgan fingerprint density at radius 1 is 1.14 bits per heavy atom. The number of hydrogen-bond donors (Lipinski definition) is 2. The average Bonchev–Trinajstić information content (AvgIpc) is 3.08. The molecule has 1 aliphatic heterocycles. The molecule has 1 aliphatic carbocycles. The Bertz CT molecular complexity index is 1000. The highest BCUT2D eigenvalue weighted by Crippen LogP contribution is 2.31. The molecule has 3 aromatic rings. The molecule has 5 rings (SSSR count).